The summed E-state index contributed by atoms with van der Waals surface area (Å²) in [6.07, 6.45) is -1.21. The van der Waals surface area contributed by atoms with Gasteiger partial charge in [0.1, 0.15) is 12.3 Å². The van der Waals surface area contributed by atoms with Crippen LogP contribution in [0.2, 0.25) is 0 Å². The molecule has 3 rings (SSSR count). The maximum Gasteiger partial charge on any atom is 0.361 e. The molecule has 1 unspecified atom stereocenters. The SMILES string of the molecule is COc1ccc([C@@H]2Sc3ccccc3[N+]([O-])(CCN(C)C)C(=O)[C@@H]2OC(C)=O)cc1. The molecule has 0 N–H and O–H groups in total. The molecule has 1 aliphatic heterocycles. The van der Waals surface area contributed by atoms with E-state index >= 15 is 0 Å². The predicted molar refractivity (Wildman–Crippen MR) is 117 cm³/mol. The molecule has 160 valence electrons. The Morgan fingerprint density at radius 2 is 1.83 bits per heavy atom. The number of esters is 1. The number of thioether (sulfide) groups is 1. The van der Waals surface area contributed by atoms with Crippen LogP contribution < -0.4 is 9.38 Å². The lowest BCUT2D eigenvalue weighted by Crippen LogP contribution is -2.57. The molecule has 0 aromatic heterocycles. The Kier molecular flexibility index (Phi) is 6.82. The standard InChI is InChI=1S/C22H26N2O5S/c1-15(25)29-20-21(16-9-11-17(28-4)12-10-16)30-19-8-6-5-7-18(19)24(27,22(20)26)14-13-23(2)3/h5-12,20-21H,13-14H2,1-4H3/t20-,21+,24?/m1/s1. The van der Waals surface area contributed by atoms with Crippen molar-refractivity contribution in [3.63, 3.8) is 0 Å². The molecule has 0 saturated heterocycles. The summed E-state index contributed by atoms with van der Waals surface area (Å²) in [5.74, 6) is -0.601. The first-order valence-corrected chi connectivity index (χ1v) is 10.5. The van der Waals surface area contributed by atoms with Crippen LogP contribution >= 0.6 is 11.8 Å². The molecule has 0 fully saturated rings. The Morgan fingerprint density at radius 3 is 2.43 bits per heavy atom. The van der Waals surface area contributed by atoms with Gasteiger partial charge in [0, 0.05) is 19.5 Å². The van der Waals surface area contributed by atoms with Crippen molar-refractivity contribution in [2.75, 3.05) is 34.3 Å². The Bertz CT molecular complexity index is 918. The Morgan fingerprint density at radius 1 is 1.17 bits per heavy atom. The Balaban J connectivity index is 2.13. The van der Waals surface area contributed by atoms with Crippen molar-refractivity contribution < 1.29 is 19.1 Å². The molecule has 0 bridgehead atoms. The third-order valence-electron chi connectivity index (χ3n) is 4.98. The van der Waals surface area contributed by atoms with Gasteiger partial charge in [0.2, 0.25) is 6.10 Å². The topological polar surface area (TPSA) is 78.9 Å². The van der Waals surface area contributed by atoms with Gasteiger partial charge >= 0.3 is 11.9 Å². The number of carbonyl (C=O) groups excluding carboxylic acids is 2. The number of hydroxylamine groups is 2. The van der Waals surface area contributed by atoms with E-state index in [2.05, 4.69) is 0 Å². The van der Waals surface area contributed by atoms with Gasteiger partial charge in [-0.3, -0.25) is 9.44 Å². The van der Waals surface area contributed by atoms with E-state index in [4.69, 9.17) is 9.47 Å². The number of ether oxygens (including phenoxy) is 2. The van der Waals surface area contributed by atoms with Crippen LogP contribution in [0.5, 0.6) is 5.75 Å². The van der Waals surface area contributed by atoms with Crippen molar-refractivity contribution in [2.24, 2.45) is 0 Å². The van der Waals surface area contributed by atoms with Crippen molar-refractivity contribution in [1.29, 1.82) is 0 Å². The number of likely N-dealkylation sites (N-methyl/N-ethyl adjacent to an activating group) is 1. The molecule has 1 aliphatic rings. The number of rotatable bonds is 6. The van der Waals surface area contributed by atoms with E-state index in [1.54, 1.807) is 31.4 Å². The highest BCUT2D eigenvalue weighted by atomic mass is 32.2. The molecular weight excluding hydrogens is 404 g/mol. The van der Waals surface area contributed by atoms with E-state index in [-0.39, 0.29) is 6.54 Å². The largest absolute Gasteiger partial charge is 0.620 e. The maximum atomic E-state index is 14.0. The number of amides is 1. The minimum absolute atomic E-state index is 0.0243. The van der Waals surface area contributed by atoms with Crippen molar-refractivity contribution >= 4 is 29.3 Å². The van der Waals surface area contributed by atoms with Crippen molar-refractivity contribution in [2.45, 2.75) is 23.2 Å². The molecule has 2 aromatic rings. The first-order valence-electron chi connectivity index (χ1n) is 9.62. The molecule has 0 spiro atoms. The van der Waals surface area contributed by atoms with Crippen LogP contribution in [0, 0.1) is 5.21 Å². The number of hydrogen-bond acceptors (Lipinski definition) is 7. The van der Waals surface area contributed by atoms with Gasteiger partial charge in [-0.05, 0) is 37.9 Å². The Labute approximate surface area is 180 Å². The van der Waals surface area contributed by atoms with Crippen LogP contribution in [-0.2, 0) is 14.3 Å². The summed E-state index contributed by atoms with van der Waals surface area (Å²) >= 11 is 1.37. The van der Waals surface area contributed by atoms with E-state index in [9.17, 15) is 14.8 Å². The predicted octanol–water partition coefficient (Wildman–Crippen LogP) is 3.37. The highest BCUT2D eigenvalue weighted by Crippen LogP contribution is 2.49. The zero-order valence-electron chi connectivity index (χ0n) is 17.5. The average molecular weight is 431 g/mol. The van der Waals surface area contributed by atoms with Gasteiger partial charge in [-0.25, -0.2) is 4.79 Å². The first kappa shape index (κ1) is 22.3. The number of fused-ring (bicyclic) bond motifs is 1. The molecule has 0 aliphatic carbocycles. The van der Waals surface area contributed by atoms with Gasteiger partial charge in [-0.15, -0.1) is 11.8 Å². The van der Waals surface area contributed by atoms with E-state index in [1.807, 2.05) is 43.3 Å². The smallest absolute Gasteiger partial charge is 0.361 e. The second-order valence-corrected chi connectivity index (χ2v) is 8.60. The monoisotopic (exact) mass is 430 g/mol. The third-order valence-corrected chi connectivity index (χ3v) is 6.35. The third kappa shape index (κ3) is 4.52. The summed E-state index contributed by atoms with van der Waals surface area (Å²) in [5, 5.41) is 13.5. The average Bonchev–Trinajstić information content (AvgIpc) is 2.82. The van der Waals surface area contributed by atoms with Crippen molar-refractivity contribution in [3.8, 4) is 5.75 Å². The second-order valence-electron chi connectivity index (χ2n) is 7.41. The number of para-hydroxylation sites is 1. The van der Waals surface area contributed by atoms with Crippen LogP contribution in [0.15, 0.2) is 53.4 Å². The van der Waals surface area contributed by atoms with E-state index < -0.39 is 27.9 Å². The van der Waals surface area contributed by atoms with E-state index in [0.717, 1.165) is 5.56 Å². The quantitative estimate of drug-likeness (QED) is 0.395. The molecule has 30 heavy (non-hydrogen) atoms. The van der Waals surface area contributed by atoms with Crippen LogP contribution in [0.3, 0.4) is 0 Å². The molecule has 7 nitrogen and oxygen atoms in total. The van der Waals surface area contributed by atoms with Gasteiger partial charge in [-0.1, -0.05) is 24.3 Å². The van der Waals surface area contributed by atoms with Gasteiger partial charge in [0.15, 0.2) is 5.69 Å². The molecule has 1 amide bonds. The fourth-order valence-corrected chi connectivity index (χ4v) is 4.76. The zero-order valence-corrected chi connectivity index (χ0v) is 18.3. The molecular formula is C22H26N2O5S. The van der Waals surface area contributed by atoms with E-state index in [0.29, 0.717) is 22.9 Å². The molecule has 3 atom stereocenters. The molecule has 1 heterocycles. The minimum Gasteiger partial charge on any atom is -0.620 e. The van der Waals surface area contributed by atoms with Gasteiger partial charge in [0.05, 0.1) is 17.3 Å². The lowest BCUT2D eigenvalue weighted by molar-refractivity contribution is -0.157. The Hall–Kier alpha value is -2.39. The zero-order chi connectivity index (χ0) is 21.9. The summed E-state index contributed by atoms with van der Waals surface area (Å²) in [7, 11) is 5.27. The highest BCUT2D eigenvalue weighted by Gasteiger charge is 2.48. The van der Waals surface area contributed by atoms with Crippen LogP contribution in [0.1, 0.15) is 17.7 Å². The summed E-state index contributed by atoms with van der Waals surface area (Å²) in [6.45, 7) is 1.69. The highest BCUT2D eigenvalue weighted by molar-refractivity contribution is 7.99. The number of methoxy groups -OCH3 is 1. The normalized spacial score (nSPS) is 23.6. The van der Waals surface area contributed by atoms with Crippen molar-refractivity contribution in [1.82, 2.24) is 9.55 Å². The number of nitrogens with zero attached hydrogens (tertiary/aromatic N) is 2. The number of quaternary nitrogens is 1. The number of hydrogen-bond donors (Lipinski definition) is 0. The van der Waals surface area contributed by atoms with Crippen LogP contribution in [0.4, 0.5) is 5.69 Å². The fourth-order valence-electron chi connectivity index (χ4n) is 3.41. The number of benzene rings is 2. The van der Waals surface area contributed by atoms with Gasteiger partial charge in [-0.2, -0.15) is 0 Å². The van der Waals surface area contributed by atoms with Crippen LogP contribution in [-0.4, -0.2) is 57.2 Å². The molecule has 8 heteroatoms. The van der Waals surface area contributed by atoms with Crippen LogP contribution in [0.25, 0.3) is 0 Å². The van der Waals surface area contributed by atoms with Gasteiger partial charge in [0.25, 0.3) is 0 Å². The summed E-state index contributed by atoms with van der Waals surface area (Å²) in [6, 6.07) is 14.3. The molecule has 0 saturated carbocycles. The maximum absolute atomic E-state index is 14.0. The second kappa shape index (κ2) is 9.18. The van der Waals surface area contributed by atoms with Crippen molar-refractivity contribution in [3.05, 3.63) is 59.3 Å². The number of carbonyl (C=O) groups is 2. The first-order chi connectivity index (χ1) is 14.3. The summed E-state index contributed by atoms with van der Waals surface area (Å²) < 4.78 is 9.52. The molecule has 2 aromatic carbocycles. The fraction of sp³-hybridized carbons (Fsp3) is 0.364. The summed E-state index contributed by atoms with van der Waals surface area (Å²) in [5.41, 5.74) is 1.15. The van der Waals surface area contributed by atoms with Gasteiger partial charge < -0.3 is 19.6 Å². The summed E-state index contributed by atoms with van der Waals surface area (Å²) in [4.78, 5) is 28.0. The van der Waals surface area contributed by atoms with E-state index in [1.165, 1.54) is 18.7 Å². The minimum atomic E-state index is -1.21. The molecule has 0 radical (unpaired) electrons. The lowest BCUT2D eigenvalue weighted by Gasteiger charge is -2.41. The lowest BCUT2D eigenvalue weighted by atomic mass is 10.1.